The first-order valence-corrected chi connectivity index (χ1v) is 6.83. The molecule has 0 saturated carbocycles. The highest BCUT2D eigenvalue weighted by atomic mass is 16.4. The second kappa shape index (κ2) is 6.09. The third-order valence-electron chi connectivity index (χ3n) is 3.82. The van der Waals surface area contributed by atoms with Crippen LogP contribution in [0.2, 0.25) is 0 Å². The second-order valence-corrected chi connectivity index (χ2v) is 5.87. The van der Waals surface area contributed by atoms with Gasteiger partial charge in [-0.25, -0.2) is 0 Å². The van der Waals surface area contributed by atoms with Crippen molar-refractivity contribution in [3.63, 3.8) is 0 Å². The summed E-state index contributed by atoms with van der Waals surface area (Å²) in [6.45, 7) is 7.91. The molecular formula is C16H24O3. The molecule has 0 aliphatic heterocycles. The normalized spacial score (nSPS) is 13.3. The van der Waals surface area contributed by atoms with Crippen LogP contribution in [0.15, 0.2) is 18.2 Å². The number of hydrogen-bond acceptors (Lipinski definition) is 2. The van der Waals surface area contributed by atoms with Gasteiger partial charge in [-0.3, -0.25) is 4.79 Å². The van der Waals surface area contributed by atoms with E-state index >= 15 is 0 Å². The summed E-state index contributed by atoms with van der Waals surface area (Å²) in [5, 5.41) is 19.0. The SMILES string of the molecule is CCc1ccc(O)c(C(C)(C)CCC(C)C(=O)O)c1. The minimum absolute atomic E-state index is 0.223. The molecule has 0 radical (unpaired) electrons. The van der Waals surface area contributed by atoms with Crippen molar-refractivity contribution in [2.24, 2.45) is 5.92 Å². The second-order valence-electron chi connectivity index (χ2n) is 5.87. The first-order chi connectivity index (χ1) is 8.77. The number of carboxylic acid groups (broad SMARTS) is 1. The zero-order chi connectivity index (χ0) is 14.6. The van der Waals surface area contributed by atoms with Crippen molar-refractivity contribution in [1.29, 1.82) is 0 Å². The Kier molecular flexibility index (Phi) is 4.98. The predicted octanol–water partition coefficient (Wildman–Crippen LogP) is 3.73. The lowest BCUT2D eigenvalue weighted by molar-refractivity contribution is -0.141. The van der Waals surface area contributed by atoms with E-state index in [0.717, 1.165) is 18.4 Å². The van der Waals surface area contributed by atoms with Crippen LogP contribution in [0.1, 0.15) is 51.7 Å². The van der Waals surface area contributed by atoms with E-state index in [-0.39, 0.29) is 11.3 Å². The topological polar surface area (TPSA) is 57.5 Å². The molecule has 0 heterocycles. The van der Waals surface area contributed by atoms with Gasteiger partial charge in [0.15, 0.2) is 0 Å². The smallest absolute Gasteiger partial charge is 0.306 e. The summed E-state index contributed by atoms with van der Waals surface area (Å²) in [5.74, 6) is -0.816. The van der Waals surface area contributed by atoms with E-state index < -0.39 is 5.97 Å². The maximum atomic E-state index is 10.9. The Morgan fingerprint density at radius 2 is 2.00 bits per heavy atom. The first-order valence-electron chi connectivity index (χ1n) is 6.83. The number of aromatic hydroxyl groups is 1. The van der Waals surface area contributed by atoms with Crippen LogP contribution in [0.4, 0.5) is 0 Å². The Balaban J connectivity index is 2.90. The number of phenols is 1. The van der Waals surface area contributed by atoms with Gasteiger partial charge in [-0.2, -0.15) is 0 Å². The summed E-state index contributed by atoms with van der Waals surface area (Å²) in [7, 11) is 0. The van der Waals surface area contributed by atoms with Crippen LogP contribution in [0.25, 0.3) is 0 Å². The van der Waals surface area contributed by atoms with Crippen LogP contribution in [0.5, 0.6) is 5.75 Å². The van der Waals surface area contributed by atoms with Crippen molar-refractivity contribution in [1.82, 2.24) is 0 Å². The first kappa shape index (κ1) is 15.5. The third kappa shape index (κ3) is 3.98. The van der Waals surface area contributed by atoms with Crippen molar-refractivity contribution >= 4 is 5.97 Å². The quantitative estimate of drug-likeness (QED) is 0.823. The maximum Gasteiger partial charge on any atom is 0.306 e. The van der Waals surface area contributed by atoms with Crippen molar-refractivity contribution < 1.29 is 15.0 Å². The van der Waals surface area contributed by atoms with Gasteiger partial charge in [0.25, 0.3) is 0 Å². The van der Waals surface area contributed by atoms with Crippen molar-refractivity contribution in [3.8, 4) is 5.75 Å². The summed E-state index contributed by atoms with van der Waals surface area (Å²) in [6, 6.07) is 5.69. The lowest BCUT2D eigenvalue weighted by atomic mass is 9.78. The standard InChI is InChI=1S/C16H24O3/c1-5-12-6-7-14(17)13(10-12)16(3,4)9-8-11(2)15(18)19/h6-7,10-11,17H,5,8-9H2,1-4H3,(H,18,19). The Morgan fingerprint density at radius 1 is 1.37 bits per heavy atom. The fourth-order valence-electron chi connectivity index (χ4n) is 2.18. The van der Waals surface area contributed by atoms with Gasteiger partial charge in [0.1, 0.15) is 5.75 Å². The van der Waals surface area contributed by atoms with E-state index in [1.165, 1.54) is 5.56 Å². The lowest BCUT2D eigenvalue weighted by Crippen LogP contribution is -2.21. The average molecular weight is 264 g/mol. The molecule has 0 saturated heterocycles. The van der Waals surface area contributed by atoms with E-state index in [2.05, 4.69) is 20.8 Å². The number of benzene rings is 1. The van der Waals surface area contributed by atoms with Gasteiger partial charge in [-0.1, -0.05) is 39.8 Å². The molecule has 1 unspecified atom stereocenters. The van der Waals surface area contributed by atoms with Crippen molar-refractivity contribution in [2.45, 2.75) is 52.4 Å². The minimum Gasteiger partial charge on any atom is -0.508 e. The number of carboxylic acids is 1. The molecular weight excluding hydrogens is 240 g/mol. The zero-order valence-corrected chi connectivity index (χ0v) is 12.2. The van der Waals surface area contributed by atoms with Gasteiger partial charge >= 0.3 is 5.97 Å². The van der Waals surface area contributed by atoms with Gasteiger partial charge in [0.2, 0.25) is 0 Å². The molecule has 106 valence electrons. The summed E-state index contributed by atoms with van der Waals surface area (Å²) >= 11 is 0. The minimum atomic E-state index is -0.762. The molecule has 0 spiro atoms. The van der Waals surface area contributed by atoms with Gasteiger partial charge < -0.3 is 10.2 Å². The molecule has 0 amide bonds. The van der Waals surface area contributed by atoms with E-state index in [9.17, 15) is 9.90 Å². The molecule has 1 atom stereocenters. The number of phenolic OH excluding ortho intramolecular Hbond substituents is 1. The van der Waals surface area contributed by atoms with E-state index in [4.69, 9.17) is 5.11 Å². The number of aryl methyl sites for hydroxylation is 1. The summed E-state index contributed by atoms with van der Waals surface area (Å²) < 4.78 is 0. The lowest BCUT2D eigenvalue weighted by Gasteiger charge is -2.27. The number of aliphatic carboxylic acids is 1. The number of carbonyl (C=O) groups is 1. The molecule has 1 aromatic rings. The monoisotopic (exact) mass is 264 g/mol. The van der Waals surface area contributed by atoms with Gasteiger partial charge in [0, 0.05) is 0 Å². The maximum absolute atomic E-state index is 10.9. The molecule has 3 heteroatoms. The molecule has 0 aliphatic carbocycles. The number of hydrogen-bond donors (Lipinski definition) is 2. The van der Waals surface area contributed by atoms with Crippen LogP contribution in [0, 0.1) is 5.92 Å². The average Bonchev–Trinajstić information content (AvgIpc) is 2.36. The highest BCUT2D eigenvalue weighted by Crippen LogP contribution is 2.36. The molecule has 0 bridgehead atoms. The Labute approximate surface area is 115 Å². The van der Waals surface area contributed by atoms with Crippen LogP contribution in [-0.2, 0) is 16.6 Å². The van der Waals surface area contributed by atoms with Crippen LogP contribution >= 0.6 is 0 Å². The molecule has 0 aromatic heterocycles. The fraction of sp³-hybridized carbons (Fsp3) is 0.562. The van der Waals surface area contributed by atoms with Crippen LogP contribution in [0.3, 0.4) is 0 Å². The third-order valence-corrected chi connectivity index (χ3v) is 3.82. The molecule has 2 N–H and O–H groups in total. The van der Waals surface area contributed by atoms with Crippen molar-refractivity contribution in [3.05, 3.63) is 29.3 Å². The summed E-state index contributed by atoms with van der Waals surface area (Å²) in [4.78, 5) is 10.9. The highest BCUT2D eigenvalue weighted by molar-refractivity contribution is 5.69. The molecule has 19 heavy (non-hydrogen) atoms. The molecule has 0 aliphatic rings. The number of rotatable bonds is 6. The van der Waals surface area contributed by atoms with Crippen molar-refractivity contribution in [2.75, 3.05) is 0 Å². The molecule has 1 aromatic carbocycles. The molecule has 3 nitrogen and oxygen atoms in total. The highest BCUT2D eigenvalue weighted by Gasteiger charge is 2.26. The fourth-order valence-corrected chi connectivity index (χ4v) is 2.18. The molecule has 1 rings (SSSR count). The largest absolute Gasteiger partial charge is 0.508 e. The summed E-state index contributed by atoms with van der Waals surface area (Å²) in [5.41, 5.74) is 1.87. The summed E-state index contributed by atoms with van der Waals surface area (Å²) in [6.07, 6.45) is 2.27. The predicted molar refractivity (Wildman–Crippen MR) is 76.5 cm³/mol. The van der Waals surface area contributed by atoms with Crippen LogP contribution < -0.4 is 0 Å². The van der Waals surface area contributed by atoms with E-state index in [1.54, 1.807) is 13.0 Å². The Hall–Kier alpha value is -1.51. The Morgan fingerprint density at radius 3 is 2.53 bits per heavy atom. The van der Waals surface area contributed by atoms with E-state index in [0.29, 0.717) is 12.2 Å². The molecule has 0 fully saturated rings. The van der Waals surface area contributed by atoms with Gasteiger partial charge in [-0.05, 0) is 41.9 Å². The Bertz CT molecular complexity index is 449. The zero-order valence-electron chi connectivity index (χ0n) is 12.2. The van der Waals surface area contributed by atoms with Gasteiger partial charge in [-0.15, -0.1) is 0 Å². The van der Waals surface area contributed by atoms with Crippen LogP contribution in [-0.4, -0.2) is 16.2 Å². The van der Waals surface area contributed by atoms with E-state index in [1.807, 2.05) is 12.1 Å². The van der Waals surface area contributed by atoms with Gasteiger partial charge in [0.05, 0.1) is 5.92 Å².